The standard InChI is InChI=1S/C26H23N3O2/c1-17-5-4-6-18(13-17)16-31-25-12-9-19-7-2-3-8-21(19)22(25)15-27-20-10-11-23-24(14-20)29-26(30)28-23/h2-14,27H,15-16H2,1H3,(H2,28,29,30). The number of anilines is 1. The van der Waals surface area contributed by atoms with Crippen molar-refractivity contribution in [2.24, 2.45) is 0 Å². The molecule has 0 saturated carbocycles. The summed E-state index contributed by atoms with van der Waals surface area (Å²) in [6.07, 6.45) is 0. The highest BCUT2D eigenvalue weighted by molar-refractivity contribution is 5.88. The minimum absolute atomic E-state index is 0.201. The number of aryl methyl sites for hydroxylation is 1. The van der Waals surface area contributed by atoms with Gasteiger partial charge in [0.25, 0.3) is 0 Å². The summed E-state index contributed by atoms with van der Waals surface area (Å²) in [5.41, 5.74) is 5.78. The van der Waals surface area contributed by atoms with Gasteiger partial charge in [0.1, 0.15) is 12.4 Å². The average molecular weight is 409 g/mol. The van der Waals surface area contributed by atoms with Crippen LogP contribution in [0.25, 0.3) is 21.8 Å². The second kappa shape index (κ2) is 8.03. The predicted octanol–water partition coefficient (Wildman–Crippen LogP) is 5.51. The zero-order chi connectivity index (χ0) is 21.2. The highest BCUT2D eigenvalue weighted by Gasteiger charge is 2.10. The summed E-state index contributed by atoms with van der Waals surface area (Å²) in [5, 5.41) is 5.82. The Morgan fingerprint density at radius 3 is 2.65 bits per heavy atom. The minimum Gasteiger partial charge on any atom is -0.489 e. The molecule has 0 aliphatic rings. The zero-order valence-corrected chi connectivity index (χ0v) is 17.2. The topological polar surface area (TPSA) is 69.9 Å². The van der Waals surface area contributed by atoms with E-state index in [9.17, 15) is 4.79 Å². The van der Waals surface area contributed by atoms with Crippen LogP contribution in [-0.4, -0.2) is 9.97 Å². The largest absolute Gasteiger partial charge is 0.489 e. The van der Waals surface area contributed by atoms with Crippen molar-refractivity contribution in [1.82, 2.24) is 9.97 Å². The van der Waals surface area contributed by atoms with E-state index in [0.717, 1.165) is 39.0 Å². The van der Waals surface area contributed by atoms with E-state index in [4.69, 9.17) is 4.74 Å². The third kappa shape index (κ3) is 4.03. The average Bonchev–Trinajstić information content (AvgIpc) is 3.15. The van der Waals surface area contributed by atoms with E-state index in [2.05, 4.69) is 64.7 Å². The maximum Gasteiger partial charge on any atom is 0.323 e. The quantitative estimate of drug-likeness (QED) is 0.346. The lowest BCUT2D eigenvalue weighted by Crippen LogP contribution is -2.05. The van der Waals surface area contributed by atoms with Gasteiger partial charge in [-0.15, -0.1) is 0 Å². The first kappa shape index (κ1) is 19.0. The molecule has 0 bridgehead atoms. The van der Waals surface area contributed by atoms with Crippen LogP contribution < -0.4 is 15.7 Å². The molecule has 1 heterocycles. The monoisotopic (exact) mass is 409 g/mol. The molecule has 4 aromatic carbocycles. The van der Waals surface area contributed by atoms with Gasteiger partial charge in [-0.05, 0) is 47.5 Å². The SMILES string of the molecule is Cc1cccc(COc2ccc3ccccc3c2CNc2ccc3[nH]c(=O)[nH]c3c2)c1. The van der Waals surface area contributed by atoms with Crippen molar-refractivity contribution in [2.45, 2.75) is 20.1 Å². The second-order valence-electron chi connectivity index (χ2n) is 7.73. The molecule has 5 rings (SSSR count). The predicted molar refractivity (Wildman–Crippen MR) is 126 cm³/mol. The number of imidazole rings is 1. The van der Waals surface area contributed by atoms with Crippen LogP contribution in [0.15, 0.2) is 83.7 Å². The van der Waals surface area contributed by atoms with Crippen LogP contribution in [0.4, 0.5) is 5.69 Å². The van der Waals surface area contributed by atoms with Crippen molar-refractivity contribution >= 4 is 27.5 Å². The molecule has 1 aromatic heterocycles. The molecule has 31 heavy (non-hydrogen) atoms. The van der Waals surface area contributed by atoms with Crippen LogP contribution in [0.3, 0.4) is 0 Å². The maximum atomic E-state index is 11.5. The molecule has 3 N–H and O–H groups in total. The molecule has 0 unspecified atom stereocenters. The summed E-state index contributed by atoms with van der Waals surface area (Å²) in [7, 11) is 0. The van der Waals surface area contributed by atoms with E-state index < -0.39 is 0 Å². The number of H-pyrrole nitrogens is 2. The fourth-order valence-electron chi connectivity index (χ4n) is 3.93. The van der Waals surface area contributed by atoms with Gasteiger partial charge in [0.15, 0.2) is 0 Å². The van der Waals surface area contributed by atoms with Crippen LogP contribution in [0.1, 0.15) is 16.7 Å². The Hall–Kier alpha value is -3.99. The number of hydrogen-bond acceptors (Lipinski definition) is 3. The zero-order valence-electron chi connectivity index (χ0n) is 17.2. The van der Waals surface area contributed by atoms with Gasteiger partial charge < -0.3 is 20.0 Å². The van der Waals surface area contributed by atoms with Crippen LogP contribution >= 0.6 is 0 Å². The molecular formula is C26H23N3O2. The molecule has 0 spiro atoms. The van der Waals surface area contributed by atoms with Crippen molar-refractivity contribution in [3.8, 4) is 5.75 Å². The molecule has 0 radical (unpaired) electrons. The number of rotatable bonds is 6. The van der Waals surface area contributed by atoms with Crippen molar-refractivity contribution in [2.75, 3.05) is 5.32 Å². The van der Waals surface area contributed by atoms with Crippen molar-refractivity contribution in [1.29, 1.82) is 0 Å². The van der Waals surface area contributed by atoms with Gasteiger partial charge in [0.05, 0.1) is 11.0 Å². The number of ether oxygens (including phenoxy) is 1. The lowest BCUT2D eigenvalue weighted by molar-refractivity contribution is 0.304. The molecule has 5 nitrogen and oxygen atoms in total. The first-order valence-electron chi connectivity index (χ1n) is 10.3. The lowest BCUT2D eigenvalue weighted by Gasteiger charge is -2.16. The Morgan fingerprint density at radius 1 is 0.871 bits per heavy atom. The molecule has 0 amide bonds. The number of aromatic amines is 2. The highest BCUT2D eigenvalue weighted by atomic mass is 16.5. The molecule has 0 atom stereocenters. The Balaban J connectivity index is 1.44. The van der Waals surface area contributed by atoms with Crippen molar-refractivity contribution < 1.29 is 4.74 Å². The molecule has 5 heteroatoms. The second-order valence-corrected chi connectivity index (χ2v) is 7.73. The highest BCUT2D eigenvalue weighted by Crippen LogP contribution is 2.30. The summed E-state index contributed by atoms with van der Waals surface area (Å²) >= 11 is 0. The molecule has 5 aromatic rings. The third-order valence-corrected chi connectivity index (χ3v) is 5.46. The van der Waals surface area contributed by atoms with Crippen molar-refractivity contribution in [3.05, 3.63) is 106 Å². The van der Waals surface area contributed by atoms with E-state index in [1.165, 1.54) is 10.9 Å². The molecule has 0 aliphatic heterocycles. The van der Waals surface area contributed by atoms with Crippen LogP contribution in [0, 0.1) is 6.92 Å². The van der Waals surface area contributed by atoms with Crippen molar-refractivity contribution in [3.63, 3.8) is 0 Å². The fourth-order valence-corrected chi connectivity index (χ4v) is 3.93. The van der Waals surface area contributed by atoms with Crippen LogP contribution in [-0.2, 0) is 13.2 Å². The Labute approximate surface area is 179 Å². The molecule has 0 saturated heterocycles. The van der Waals surface area contributed by atoms with Gasteiger partial charge in [0, 0.05) is 17.8 Å². The summed E-state index contributed by atoms with van der Waals surface area (Å²) in [6, 6.07) is 26.6. The number of nitrogens with one attached hydrogen (secondary N) is 3. The van der Waals surface area contributed by atoms with E-state index in [1.807, 2.05) is 36.4 Å². The number of benzene rings is 4. The van der Waals surface area contributed by atoms with Crippen LogP contribution in [0.5, 0.6) is 5.75 Å². The summed E-state index contributed by atoms with van der Waals surface area (Å²) in [6.45, 7) is 3.21. The van der Waals surface area contributed by atoms with Gasteiger partial charge in [-0.25, -0.2) is 4.79 Å². The van der Waals surface area contributed by atoms with Crippen LogP contribution in [0.2, 0.25) is 0 Å². The van der Waals surface area contributed by atoms with Gasteiger partial charge in [-0.3, -0.25) is 0 Å². The van der Waals surface area contributed by atoms with Gasteiger partial charge in [-0.2, -0.15) is 0 Å². The number of fused-ring (bicyclic) bond motifs is 2. The smallest absolute Gasteiger partial charge is 0.323 e. The molecular weight excluding hydrogens is 386 g/mol. The first-order chi connectivity index (χ1) is 15.2. The van der Waals surface area contributed by atoms with E-state index in [0.29, 0.717) is 13.2 Å². The summed E-state index contributed by atoms with van der Waals surface area (Å²) < 4.78 is 6.26. The molecule has 0 aliphatic carbocycles. The normalized spacial score (nSPS) is 11.1. The first-order valence-corrected chi connectivity index (χ1v) is 10.3. The number of hydrogen-bond donors (Lipinski definition) is 3. The number of aromatic nitrogens is 2. The summed E-state index contributed by atoms with van der Waals surface area (Å²) in [5.74, 6) is 0.865. The van der Waals surface area contributed by atoms with Gasteiger partial charge >= 0.3 is 5.69 Å². The lowest BCUT2D eigenvalue weighted by atomic mass is 10.0. The Kier molecular flexibility index (Phi) is 4.92. The van der Waals surface area contributed by atoms with E-state index in [-0.39, 0.29) is 5.69 Å². The van der Waals surface area contributed by atoms with Gasteiger partial charge in [-0.1, -0.05) is 60.2 Å². The Bertz CT molecular complexity index is 1430. The molecule has 154 valence electrons. The molecule has 0 fully saturated rings. The van der Waals surface area contributed by atoms with E-state index in [1.54, 1.807) is 0 Å². The van der Waals surface area contributed by atoms with Gasteiger partial charge in [0.2, 0.25) is 0 Å². The maximum absolute atomic E-state index is 11.5. The summed E-state index contributed by atoms with van der Waals surface area (Å²) in [4.78, 5) is 17.1. The Morgan fingerprint density at radius 2 is 1.74 bits per heavy atom. The van der Waals surface area contributed by atoms with E-state index >= 15 is 0 Å². The third-order valence-electron chi connectivity index (χ3n) is 5.46. The minimum atomic E-state index is -0.201. The fraction of sp³-hybridized carbons (Fsp3) is 0.115.